The number of hydrogen-bond acceptors (Lipinski definition) is 5. The molecule has 0 saturated heterocycles. The van der Waals surface area contributed by atoms with Crippen LogP contribution in [0.4, 0.5) is 5.69 Å². The number of anilines is 1. The SMILES string of the molecule is Nc1cccnc1OCc1ccon1. The molecule has 0 radical (unpaired) electrons. The maximum atomic E-state index is 5.63. The molecule has 2 N–H and O–H groups in total. The van der Waals surface area contributed by atoms with Gasteiger partial charge in [0.05, 0.1) is 5.69 Å². The average molecular weight is 191 g/mol. The first-order valence-corrected chi connectivity index (χ1v) is 4.09. The maximum Gasteiger partial charge on any atom is 0.237 e. The lowest BCUT2D eigenvalue weighted by molar-refractivity contribution is 0.280. The van der Waals surface area contributed by atoms with Crippen LogP contribution in [0.15, 0.2) is 35.2 Å². The topological polar surface area (TPSA) is 74.2 Å². The van der Waals surface area contributed by atoms with Crippen LogP contribution in [0, 0.1) is 0 Å². The minimum absolute atomic E-state index is 0.303. The first-order valence-electron chi connectivity index (χ1n) is 4.09. The molecule has 0 amide bonds. The van der Waals surface area contributed by atoms with E-state index in [1.165, 1.54) is 6.26 Å². The van der Waals surface area contributed by atoms with E-state index in [9.17, 15) is 0 Å². The Labute approximate surface area is 80.5 Å². The summed E-state index contributed by atoms with van der Waals surface area (Å²) in [6.07, 6.45) is 3.11. The van der Waals surface area contributed by atoms with Crippen molar-refractivity contribution in [3.63, 3.8) is 0 Å². The van der Waals surface area contributed by atoms with E-state index in [2.05, 4.69) is 14.7 Å². The Morgan fingerprint density at radius 3 is 3.07 bits per heavy atom. The molecule has 0 bridgehead atoms. The Kier molecular flexibility index (Phi) is 2.31. The number of ether oxygens (including phenoxy) is 1. The molecule has 5 heteroatoms. The molecular formula is C9H9N3O2. The molecular weight excluding hydrogens is 182 g/mol. The van der Waals surface area contributed by atoms with E-state index in [1.807, 2.05) is 0 Å². The van der Waals surface area contributed by atoms with Crippen molar-refractivity contribution in [2.24, 2.45) is 0 Å². The van der Waals surface area contributed by atoms with E-state index in [-0.39, 0.29) is 0 Å². The molecule has 0 aromatic carbocycles. The number of nitrogen functional groups attached to an aromatic ring is 1. The lowest BCUT2D eigenvalue weighted by Crippen LogP contribution is -2.00. The maximum absolute atomic E-state index is 5.63. The van der Waals surface area contributed by atoms with Crippen molar-refractivity contribution in [1.29, 1.82) is 0 Å². The summed E-state index contributed by atoms with van der Waals surface area (Å²) in [4.78, 5) is 3.97. The number of hydrogen-bond donors (Lipinski definition) is 1. The van der Waals surface area contributed by atoms with Gasteiger partial charge in [-0.2, -0.15) is 0 Å². The van der Waals surface area contributed by atoms with Crippen molar-refractivity contribution in [2.75, 3.05) is 5.73 Å². The summed E-state index contributed by atoms with van der Waals surface area (Å²) in [5.41, 5.74) is 6.84. The van der Waals surface area contributed by atoms with Crippen LogP contribution in [-0.2, 0) is 6.61 Å². The summed E-state index contributed by atoms with van der Waals surface area (Å²) in [6.45, 7) is 0.303. The summed E-state index contributed by atoms with van der Waals surface area (Å²) < 4.78 is 9.97. The molecule has 0 aliphatic rings. The highest BCUT2D eigenvalue weighted by Gasteiger charge is 2.02. The van der Waals surface area contributed by atoms with Crippen LogP contribution in [0.1, 0.15) is 5.69 Å². The van der Waals surface area contributed by atoms with Gasteiger partial charge in [-0.1, -0.05) is 5.16 Å². The Morgan fingerprint density at radius 1 is 1.43 bits per heavy atom. The summed E-state index contributed by atoms with van der Waals surface area (Å²) in [6, 6.07) is 5.20. The van der Waals surface area contributed by atoms with Crippen molar-refractivity contribution in [3.8, 4) is 5.88 Å². The van der Waals surface area contributed by atoms with Crippen molar-refractivity contribution in [3.05, 3.63) is 36.4 Å². The van der Waals surface area contributed by atoms with Crippen molar-refractivity contribution >= 4 is 5.69 Å². The number of nitrogens with two attached hydrogens (primary N) is 1. The van der Waals surface area contributed by atoms with Crippen molar-refractivity contribution in [2.45, 2.75) is 6.61 Å². The van der Waals surface area contributed by atoms with Crippen LogP contribution < -0.4 is 10.5 Å². The Morgan fingerprint density at radius 2 is 2.36 bits per heavy atom. The smallest absolute Gasteiger partial charge is 0.237 e. The minimum atomic E-state index is 0.303. The van der Waals surface area contributed by atoms with Gasteiger partial charge in [-0.05, 0) is 12.1 Å². The molecule has 0 aliphatic carbocycles. The second kappa shape index (κ2) is 3.78. The third-order valence-electron chi connectivity index (χ3n) is 1.65. The van der Waals surface area contributed by atoms with Gasteiger partial charge >= 0.3 is 0 Å². The van der Waals surface area contributed by atoms with Gasteiger partial charge in [0, 0.05) is 12.3 Å². The highest BCUT2D eigenvalue weighted by atomic mass is 16.5. The molecule has 0 atom stereocenters. The molecule has 5 nitrogen and oxygen atoms in total. The number of nitrogens with zero attached hydrogens (tertiary/aromatic N) is 2. The van der Waals surface area contributed by atoms with Crippen LogP contribution in [0.5, 0.6) is 5.88 Å². The fraction of sp³-hybridized carbons (Fsp3) is 0.111. The second-order valence-electron chi connectivity index (χ2n) is 2.68. The summed E-state index contributed by atoms with van der Waals surface area (Å²) >= 11 is 0. The molecule has 0 aliphatic heterocycles. The van der Waals surface area contributed by atoms with E-state index in [4.69, 9.17) is 10.5 Å². The highest BCUT2D eigenvalue weighted by molar-refractivity contribution is 5.46. The molecule has 72 valence electrons. The monoisotopic (exact) mass is 191 g/mol. The standard InChI is InChI=1S/C9H9N3O2/c10-8-2-1-4-11-9(8)13-6-7-3-5-14-12-7/h1-5H,6,10H2. The predicted octanol–water partition coefficient (Wildman–Crippen LogP) is 1.23. The third kappa shape index (κ3) is 1.82. The minimum Gasteiger partial charge on any atom is -0.470 e. The van der Waals surface area contributed by atoms with Gasteiger partial charge in [-0.3, -0.25) is 0 Å². The summed E-state index contributed by atoms with van der Waals surface area (Å²) in [7, 11) is 0. The molecule has 0 saturated carbocycles. The zero-order valence-electron chi connectivity index (χ0n) is 7.38. The fourth-order valence-corrected chi connectivity index (χ4v) is 0.978. The Hall–Kier alpha value is -2.04. The van der Waals surface area contributed by atoms with E-state index >= 15 is 0 Å². The predicted molar refractivity (Wildman–Crippen MR) is 49.5 cm³/mol. The van der Waals surface area contributed by atoms with Crippen LogP contribution in [-0.4, -0.2) is 10.1 Å². The lowest BCUT2D eigenvalue weighted by atomic mass is 10.4. The number of rotatable bonds is 3. The summed E-state index contributed by atoms with van der Waals surface area (Å²) in [5.74, 6) is 0.413. The van der Waals surface area contributed by atoms with E-state index in [0.29, 0.717) is 23.9 Å². The van der Waals surface area contributed by atoms with E-state index in [0.717, 1.165) is 0 Å². The second-order valence-corrected chi connectivity index (χ2v) is 2.68. The number of pyridine rings is 1. The van der Waals surface area contributed by atoms with Gasteiger partial charge in [0.25, 0.3) is 0 Å². The zero-order chi connectivity index (χ0) is 9.80. The Balaban J connectivity index is 2.02. The molecule has 2 aromatic rings. The van der Waals surface area contributed by atoms with Gasteiger partial charge in [0.15, 0.2) is 0 Å². The first kappa shape index (κ1) is 8.55. The van der Waals surface area contributed by atoms with Crippen LogP contribution in [0.25, 0.3) is 0 Å². The number of aromatic nitrogens is 2. The van der Waals surface area contributed by atoms with Crippen molar-refractivity contribution in [1.82, 2.24) is 10.1 Å². The highest BCUT2D eigenvalue weighted by Crippen LogP contribution is 2.16. The normalized spacial score (nSPS) is 10.0. The van der Waals surface area contributed by atoms with E-state index in [1.54, 1.807) is 24.4 Å². The summed E-state index contributed by atoms with van der Waals surface area (Å²) in [5, 5.41) is 3.69. The van der Waals surface area contributed by atoms with E-state index < -0.39 is 0 Å². The molecule has 2 aromatic heterocycles. The van der Waals surface area contributed by atoms with Gasteiger partial charge < -0.3 is 15.0 Å². The fourth-order valence-electron chi connectivity index (χ4n) is 0.978. The van der Waals surface area contributed by atoms with Crippen LogP contribution in [0.2, 0.25) is 0 Å². The zero-order valence-corrected chi connectivity index (χ0v) is 7.38. The molecule has 14 heavy (non-hydrogen) atoms. The molecule has 0 spiro atoms. The average Bonchev–Trinajstić information content (AvgIpc) is 2.69. The molecule has 2 heterocycles. The lowest BCUT2D eigenvalue weighted by Gasteiger charge is -2.04. The molecule has 2 rings (SSSR count). The third-order valence-corrected chi connectivity index (χ3v) is 1.65. The Bertz CT molecular complexity index is 400. The van der Waals surface area contributed by atoms with Gasteiger partial charge in [0.1, 0.15) is 18.6 Å². The van der Waals surface area contributed by atoms with Gasteiger partial charge in [-0.25, -0.2) is 4.98 Å². The van der Waals surface area contributed by atoms with Gasteiger partial charge in [-0.15, -0.1) is 0 Å². The molecule has 0 fully saturated rings. The quantitative estimate of drug-likeness (QED) is 0.789. The molecule has 0 unspecified atom stereocenters. The van der Waals surface area contributed by atoms with Crippen molar-refractivity contribution < 1.29 is 9.26 Å². The first-order chi connectivity index (χ1) is 6.86. The van der Waals surface area contributed by atoms with Crippen LogP contribution in [0.3, 0.4) is 0 Å². The van der Waals surface area contributed by atoms with Crippen LogP contribution >= 0.6 is 0 Å². The van der Waals surface area contributed by atoms with Gasteiger partial charge in [0.2, 0.25) is 5.88 Å². The largest absolute Gasteiger partial charge is 0.470 e.